The second-order valence-corrected chi connectivity index (χ2v) is 4.75. The molecule has 0 aliphatic carbocycles. The van der Waals surface area contributed by atoms with Crippen molar-refractivity contribution in [1.82, 2.24) is 15.0 Å². The van der Waals surface area contributed by atoms with Crippen molar-refractivity contribution in [2.24, 2.45) is 11.7 Å². The van der Waals surface area contributed by atoms with E-state index >= 15 is 0 Å². The minimum atomic E-state index is 0.318. The van der Waals surface area contributed by atoms with E-state index in [9.17, 15) is 0 Å². The number of likely N-dealkylation sites (tertiary alicyclic amines) is 1. The highest BCUT2D eigenvalue weighted by Gasteiger charge is 2.30. The fourth-order valence-electron chi connectivity index (χ4n) is 2.28. The molecule has 0 saturated carbocycles. The Morgan fingerprint density at radius 3 is 2.88 bits per heavy atom. The standard InChI is InChI=1S/C11H20N4O/c1-7-8(2)15(5-4-10(7)12)6-11-13-9(3)16-14-11/h7-8,10H,4-6,12H2,1-3H3. The lowest BCUT2D eigenvalue weighted by Crippen LogP contribution is -2.51. The minimum absolute atomic E-state index is 0.318. The van der Waals surface area contributed by atoms with Crippen LogP contribution in [0.5, 0.6) is 0 Å². The van der Waals surface area contributed by atoms with Gasteiger partial charge in [-0.05, 0) is 19.3 Å². The van der Waals surface area contributed by atoms with Crippen LogP contribution in [0.25, 0.3) is 0 Å². The van der Waals surface area contributed by atoms with Gasteiger partial charge in [0.15, 0.2) is 5.82 Å². The molecule has 5 nitrogen and oxygen atoms in total. The van der Waals surface area contributed by atoms with E-state index < -0.39 is 0 Å². The van der Waals surface area contributed by atoms with Gasteiger partial charge in [0.2, 0.25) is 5.89 Å². The number of aryl methyl sites for hydroxylation is 1. The molecule has 0 amide bonds. The Bertz CT molecular complexity index is 352. The Balaban J connectivity index is 2.00. The van der Waals surface area contributed by atoms with E-state index in [1.807, 2.05) is 6.92 Å². The lowest BCUT2D eigenvalue weighted by atomic mass is 9.88. The van der Waals surface area contributed by atoms with E-state index in [4.69, 9.17) is 10.3 Å². The topological polar surface area (TPSA) is 68.2 Å². The molecule has 3 atom stereocenters. The first-order chi connectivity index (χ1) is 7.58. The van der Waals surface area contributed by atoms with Crippen LogP contribution < -0.4 is 5.73 Å². The normalized spacial score (nSPS) is 31.9. The van der Waals surface area contributed by atoms with E-state index in [2.05, 4.69) is 28.9 Å². The maximum atomic E-state index is 6.05. The van der Waals surface area contributed by atoms with Gasteiger partial charge in [-0.25, -0.2) is 0 Å². The predicted molar refractivity (Wildman–Crippen MR) is 60.7 cm³/mol. The molecule has 0 radical (unpaired) electrons. The van der Waals surface area contributed by atoms with Crippen molar-refractivity contribution in [3.63, 3.8) is 0 Å². The summed E-state index contributed by atoms with van der Waals surface area (Å²) in [5.74, 6) is 1.91. The monoisotopic (exact) mass is 224 g/mol. The van der Waals surface area contributed by atoms with Gasteiger partial charge in [0.25, 0.3) is 0 Å². The van der Waals surface area contributed by atoms with Crippen LogP contribution in [0.3, 0.4) is 0 Å². The summed E-state index contributed by atoms with van der Waals surface area (Å²) >= 11 is 0. The third kappa shape index (κ3) is 2.25. The zero-order valence-corrected chi connectivity index (χ0v) is 10.2. The van der Waals surface area contributed by atoms with E-state index in [0.29, 0.717) is 23.9 Å². The van der Waals surface area contributed by atoms with Gasteiger partial charge in [0.1, 0.15) is 0 Å². The summed E-state index contributed by atoms with van der Waals surface area (Å²) in [6, 6.07) is 0.792. The molecule has 1 aromatic heterocycles. The summed E-state index contributed by atoms with van der Waals surface area (Å²) in [5.41, 5.74) is 6.05. The first-order valence-electron chi connectivity index (χ1n) is 5.86. The molecule has 90 valence electrons. The Kier molecular flexibility index (Phi) is 3.25. The quantitative estimate of drug-likeness (QED) is 0.809. The summed E-state index contributed by atoms with van der Waals surface area (Å²) in [5, 5.41) is 3.93. The lowest BCUT2D eigenvalue weighted by Gasteiger charge is -2.40. The number of nitrogens with zero attached hydrogens (tertiary/aromatic N) is 3. The van der Waals surface area contributed by atoms with Crippen LogP contribution in [-0.4, -0.2) is 33.7 Å². The van der Waals surface area contributed by atoms with Crippen molar-refractivity contribution in [1.29, 1.82) is 0 Å². The molecule has 0 aromatic carbocycles. The largest absolute Gasteiger partial charge is 0.340 e. The number of nitrogens with two attached hydrogens (primary N) is 1. The van der Waals surface area contributed by atoms with Crippen LogP contribution in [0, 0.1) is 12.8 Å². The fourth-order valence-corrected chi connectivity index (χ4v) is 2.28. The van der Waals surface area contributed by atoms with Crippen molar-refractivity contribution >= 4 is 0 Å². The van der Waals surface area contributed by atoms with Crippen molar-refractivity contribution in [3.05, 3.63) is 11.7 Å². The Labute approximate surface area is 96.0 Å². The molecule has 1 aliphatic heterocycles. The number of hydrogen-bond acceptors (Lipinski definition) is 5. The molecule has 1 saturated heterocycles. The maximum absolute atomic E-state index is 6.05. The summed E-state index contributed by atoms with van der Waals surface area (Å²) < 4.78 is 4.98. The third-order valence-corrected chi connectivity index (χ3v) is 3.68. The summed E-state index contributed by atoms with van der Waals surface area (Å²) in [6.07, 6.45) is 1.04. The van der Waals surface area contributed by atoms with Gasteiger partial charge >= 0.3 is 0 Å². The summed E-state index contributed by atoms with van der Waals surface area (Å²) in [4.78, 5) is 6.61. The molecular formula is C11H20N4O. The molecule has 1 fully saturated rings. The summed E-state index contributed by atoms with van der Waals surface area (Å²) in [7, 11) is 0. The van der Waals surface area contributed by atoms with Gasteiger partial charge in [-0.2, -0.15) is 4.98 Å². The Hall–Kier alpha value is -0.940. The zero-order valence-electron chi connectivity index (χ0n) is 10.2. The molecule has 0 bridgehead atoms. The maximum Gasteiger partial charge on any atom is 0.223 e. The second kappa shape index (κ2) is 4.51. The third-order valence-electron chi connectivity index (χ3n) is 3.68. The van der Waals surface area contributed by atoms with Crippen LogP contribution in [-0.2, 0) is 6.54 Å². The van der Waals surface area contributed by atoms with E-state index in [0.717, 1.165) is 25.3 Å². The number of aromatic nitrogens is 2. The van der Waals surface area contributed by atoms with Crippen LogP contribution in [0.1, 0.15) is 32.0 Å². The SMILES string of the molecule is Cc1nc(CN2CCC(N)C(C)C2C)no1. The Morgan fingerprint density at radius 1 is 1.50 bits per heavy atom. The average Bonchev–Trinajstić information content (AvgIpc) is 2.65. The average molecular weight is 224 g/mol. The highest BCUT2D eigenvalue weighted by Crippen LogP contribution is 2.23. The molecule has 0 spiro atoms. The predicted octanol–water partition coefficient (Wildman–Crippen LogP) is 0.936. The number of piperidine rings is 1. The second-order valence-electron chi connectivity index (χ2n) is 4.75. The first-order valence-corrected chi connectivity index (χ1v) is 5.86. The minimum Gasteiger partial charge on any atom is -0.340 e. The lowest BCUT2D eigenvalue weighted by molar-refractivity contribution is 0.0877. The van der Waals surface area contributed by atoms with Gasteiger partial charge in [-0.1, -0.05) is 12.1 Å². The van der Waals surface area contributed by atoms with Crippen LogP contribution >= 0.6 is 0 Å². The molecule has 5 heteroatoms. The van der Waals surface area contributed by atoms with E-state index in [1.165, 1.54) is 0 Å². The van der Waals surface area contributed by atoms with Gasteiger partial charge in [0, 0.05) is 25.6 Å². The van der Waals surface area contributed by atoms with Gasteiger partial charge < -0.3 is 10.3 Å². The highest BCUT2D eigenvalue weighted by atomic mass is 16.5. The van der Waals surface area contributed by atoms with E-state index in [1.54, 1.807) is 0 Å². The molecule has 1 aromatic rings. The zero-order chi connectivity index (χ0) is 11.7. The van der Waals surface area contributed by atoms with Crippen LogP contribution in [0.2, 0.25) is 0 Å². The van der Waals surface area contributed by atoms with E-state index in [-0.39, 0.29) is 0 Å². The fraction of sp³-hybridized carbons (Fsp3) is 0.818. The van der Waals surface area contributed by atoms with Gasteiger partial charge in [-0.3, -0.25) is 4.90 Å². The molecule has 1 aliphatic rings. The molecule has 2 N–H and O–H groups in total. The Morgan fingerprint density at radius 2 is 2.25 bits per heavy atom. The van der Waals surface area contributed by atoms with Gasteiger partial charge in [0.05, 0.1) is 6.54 Å². The number of rotatable bonds is 2. The van der Waals surface area contributed by atoms with Crippen molar-refractivity contribution < 1.29 is 4.52 Å². The van der Waals surface area contributed by atoms with Crippen molar-refractivity contribution in [2.45, 2.75) is 45.8 Å². The van der Waals surface area contributed by atoms with Gasteiger partial charge in [-0.15, -0.1) is 0 Å². The molecule has 16 heavy (non-hydrogen) atoms. The van der Waals surface area contributed by atoms with Crippen molar-refractivity contribution in [3.8, 4) is 0 Å². The first kappa shape index (κ1) is 11.5. The van der Waals surface area contributed by atoms with Crippen LogP contribution in [0.15, 0.2) is 4.52 Å². The molecule has 3 unspecified atom stereocenters. The summed E-state index contributed by atoms with van der Waals surface area (Å²) in [6.45, 7) is 8.02. The van der Waals surface area contributed by atoms with Crippen LogP contribution in [0.4, 0.5) is 0 Å². The molecule has 2 rings (SSSR count). The highest BCUT2D eigenvalue weighted by molar-refractivity contribution is 4.91. The molecule has 2 heterocycles. The number of hydrogen-bond donors (Lipinski definition) is 1. The molecular weight excluding hydrogens is 204 g/mol. The van der Waals surface area contributed by atoms with Crippen molar-refractivity contribution in [2.75, 3.05) is 6.54 Å². The smallest absolute Gasteiger partial charge is 0.223 e.